The molecule has 1 fully saturated rings. The van der Waals surface area contributed by atoms with Crippen LogP contribution < -0.4 is 10.0 Å². The number of nitrogens with zero attached hydrogens (tertiary/aromatic N) is 1. The van der Waals surface area contributed by atoms with E-state index in [1.807, 2.05) is 6.92 Å². The molecule has 0 aliphatic carbocycles. The van der Waals surface area contributed by atoms with Gasteiger partial charge in [-0.2, -0.15) is 0 Å². The SMILES string of the molecule is CCCC1NC(=O)N(Cc2ccc(NS(=O)(=O)CC)cc2)C1=O. The van der Waals surface area contributed by atoms with Crippen molar-refractivity contribution in [2.24, 2.45) is 0 Å². The van der Waals surface area contributed by atoms with Crippen LogP contribution in [-0.2, 0) is 21.4 Å². The topological polar surface area (TPSA) is 95.6 Å². The van der Waals surface area contributed by atoms with Gasteiger partial charge < -0.3 is 5.32 Å². The molecule has 23 heavy (non-hydrogen) atoms. The lowest BCUT2D eigenvalue weighted by molar-refractivity contribution is -0.128. The number of carbonyl (C=O) groups excluding carboxylic acids is 2. The number of carbonyl (C=O) groups is 2. The molecule has 1 aromatic rings. The van der Waals surface area contributed by atoms with Crippen molar-refractivity contribution in [1.82, 2.24) is 10.2 Å². The third-order valence-corrected chi connectivity index (χ3v) is 4.94. The van der Waals surface area contributed by atoms with Crippen molar-refractivity contribution in [1.29, 1.82) is 0 Å². The van der Waals surface area contributed by atoms with Gasteiger partial charge in [0.1, 0.15) is 6.04 Å². The fraction of sp³-hybridized carbons (Fsp3) is 0.467. The number of benzene rings is 1. The molecule has 3 amide bonds. The van der Waals surface area contributed by atoms with E-state index < -0.39 is 16.1 Å². The molecule has 0 saturated carbocycles. The van der Waals surface area contributed by atoms with Gasteiger partial charge in [0, 0.05) is 5.69 Å². The second-order valence-corrected chi connectivity index (χ2v) is 7.43. The van der Waals surface area contributed by atoms with Crippen LogP contribution >= 0.6 is 0 Å². The number of anilines is 1. The molecule has 1 aliphatic rings. The van der Waals surface area contributed by atoms with E-state index in [0.717, 1.165) is 12.0 Å². The Morgan fingerprint density at radius 3 is 2.39 bits per heavy atom. The molecule has 2 N–H and O–H groups in total. The summed E-state index contributed by atoms with van der Waals surface area (Å²) in [5, 5.41) is 2.67. The number of hydrogen-bond acceptors (Lipinski definition) is 4. The molecular weight excluding hydrogens is 318 g/mol. The quantitative estimate of drug-likeness (QED) is 0.739. The second kappa shape index (κ2) is 6.99. The fourth-order valence-corrected chi connectivity index (χ4v) is 2.96. The first-order valence-electron chi connectivity index (χ1n) is 7.57. The Morgan fingerprint density at radius 1 is 1.17 bits per heavy atom. The van der Waals surface area contributed by atoms with E-state index in [4.69, 9.17) is 0 Å². The zero-order chi connectivity index (χ0) is 17.0. The minimum atomic E-state index is -3.32. The van der Waals surface area contributed by atoms with E-state index >= 15 is 0 Å². The Kier molecular flexibility index (Phi) is 5.25. The lowest BCUT2D eigenvalue weighted by atomic mass is 10.1. The number of hydrogen-bond donors (Lipinski definition) is 2. The molecule has 1 aromatic carbocycles. The molecule has 1 atom stereocenters. The summed E-state index contributed by atoms with van der Waals surface area (Å²) in [6.45, 7) is 3.69. The zero-order valence-electron chi connectivity index (χ0n) is 13.2. The first-order chi connectivity index (χ1) is 10.9. The van der Waals surface area contributed by atoms with Gasteiger partial charge in [-0.1, -0.05) is 25.5 Å². The summed E-state index contributed by atoms with van der Waals surface area (Å²) in [4.78, 5) is 25.2. The predicted octanol–water partition coefficient (Wildman–Crippen LogP) is 1.67. The first-order valence-corrected chi connectivity index (χ1v) is 9.22. The molecule has 8 heteroatoms. The molecular formula is C15H21N3O4S. The van der Waals surface area contributed by atoms with E-state index in [-0.39, 0.29) is 24.2 Å². The van der Waals surface area contributed by atoms with Crippen molar-refractivity contribution in [3.8, 4) is 0 Å². The van der Waals surface area contributed by atoms with E-state index in [0.29, 0.717) is 12.1 Å². The van der Waals surface area contributed by atoms with Gasteiger partial charge in [-0.3, -0.25) is 14.4 Å². The van der Waals surface area contributed by atoms with Gasteiger partial charge >= 0.3 is 6.03 Å². The molecule has 126 valence electrons. The molecule has 0 aromatic heterocycles. The summed E-state index contributed by atoms with van der Waals surface area (Å²) < 4.78 is 25.4. The number of nitrogens with one attached hydrogen (secondary N) is 2. The number of urea groups is 1. The Balaban J connectivity index is 2.04. The van der Waals surface area contributed by atoms with Crippen LogP contribution in [0.1, 0.15) is 32.3 Å². The summed E-state index contributed by atoms with van der Waals surface area (Å²) in [5.41, 5.74) is 1.21. The second-order valence-electron chi connectivity index (χ2n) is 5.42. The van der Waals surface area contributed by atoms with Crippen molar-refractivity contribution in [2.45, 2.75) is 39.3 Å². The van der Waals surface area contributed by atoms with Crippen molar-refractivity contribution < 1.29 is 18.0 Å². The van der Waals surface area contributed by atoms with Crippen LogP contribution in [0.15, 0.2) is 24.3 Å². The Bertz CT molecular complexity index is 685. The number of rotatable bonds is 7. The Morgan fingerprint density at radius 2 is 1.83 bits per heavy atom. The minimum Gasteiger partial charge on any atom is -0.326 e. The lowest BCUT2D eigenvalue weighted by Gasteiger charge is -2.13. The smallest absolute Gasteiger partial charge is 0.325 e. The Labute approximate surface area is 136 Å². The van der Waals surface area contributed by atoms with Gasteiger partial charge in [-0.25, -0.2) is 13.2 Å². The zero-order valence-corrected chi connectivity index (χ0v) is 14.0. The molecule has 0 spiro atoms. The largest absolute Gasteiger partial charge is 0.326 e. The standard InChI is InChI=1S/C15H21N3O4S/c1-3-5-13-14(19)18(15(20)16-13)10-11-6-8-12(9-7-11)17-23(21,22)4-2/h6-9,13,17H,3-5,10H2,1-2H3,(H,16,20). The molecule has 0 radical (unpaired) electrons. The predicted molar refractivity (Wildman–Crippen MR) is 87.3 cm³/mol. The van der Waals surface area contributed by atoms with Gasteiger partial charge in [-0.05, 0) is 31.0 Å². The number of amides is 3. The van der Waals surface area contributed by atoms with Crippen molar-refractivity contribution in [2.75, 3.05) is 10.5 Å². The summed E-state index contributed by atoms with van der Waals surface area (Å²) in [5.74, 6) is -0.219. The summed E-state index contributed by atoms with van der Waals surface area (Å²) in [6, 6.07) is 5.80. The summed E-state index contributed by atoms with van der Waals surface area (Å²) >= 11 is 0. The summed E-state index contributed by atoms with van der Waals surface area (Å²) in [6.07, 6.45) is 1.44. The van der Waals surface area contributed by atoms with E-state index in [9.17, 15) is 18.0 Å². The molecule has 7 nitrogen and oxygen atoms in total. The van der Waals surface area contributed by atoms with Gasteiger partial charge in [-0.15, -0.1) is 0 Å². The highest BCUT2D eigenvalue weighted by Gasteiger charge is 2.36. The van der Waals surface area contributed by atoms with Crippen LogP contribution in [0.4, 0.5) is 10.5 Å². The highest BCUT2D eigenvalue weighted by atomic mass is 32.2. The van der Waals surface area contributed by atoms with Crippen LogP contribution in [0.25, 0.3) is 0 Å². The van der Waals surface area contributed by atoms with Gasteiger partial charge in [0.25, 0.3) is 5.91 Å². The Hall–Kier alpha value is -2.09. The molecule has 1 unspecified atom stereocenters. The average Bonchev–Trinajstić information content (AvgIpc) is 2.77. The van der Waals surface area contributed by atoms with Crippen LogP contribution in [0.2, 0.25) is 0 Å². The van der Waals surface area contributed by atoms with E-state index in [1.54, 1.807) is 31.2 Å². The number of sulfonamides is 1. The summed E-state index contributed by atoms with van der Waals surface area (Å²) in [7, 11) is -3.32. The van der Waals surface area contributed by atoms with Crippen molar-refractivity contribution in [3.05, 3.63) is 29.8 Å². The normalized spacial score (nSPS) is 18.2. The van der Waals surface area contributed by atoms with Crippen LogP contribution in [-0.4, -0.2) is 37.1 Å². The number of imide groups is 1. The first kappa shape index (κ1) is 17.3. The van der Waals surface area contributed by atoms with Gasteiger partial charge in [0.05, 0.1) is 12.3 Å². The van der Waals surface area contributed by atoms with E-state index in [1.165, 1.54) is 4.90 Å². The fourth-order valence-electron chi connectivity index (χ4n) is 2.32. The molecule has 2 rings (SSSR count). The van der Waals surface area contributed by atoms with Crippen molar-refractivity contribution >= 4 is 27.6 Å². The van der Waals surface area contributed by atoms with Gasteiger partial charge in [0.2, 0.25) is 10.0 Å². The molecule has 1 heterocycles. The van der Waals surface area contributed by atoms with Crippen LogP contribution in [0.5, 0.6) is 0 Å². The molecule has 1 aliphatic heterocycles. The maximum atomic E-state index is 12.2. The van der Waals surface area contributed by atoms with Crippen LogP contribution in [0, 0.1) is 0 Å². The van der Waals surface area contributed by atoms with Crippen LogP contribution in [0.3, 0.4) is 0 Å². The average molecular weight is 339 g/mol. The highest BCUT2D eigenvalue weighted by Crippen LogP contribution is 2.17. The highest BCUT2D eigenvalue weighted by molar-refractivity contribution is 7.92. The molecule has 1 saturated heterocycles. The minimum absolute atomic E-state index is 0.00395. The molecule has 0 bridgehead atoms. The third-order valence-electron chi connectivity index (χ3n) is 3.63. The van der Waals surface area contributed by atoms with Crippen molar-refractivity contribution in [3.63, 3.8) is 0 Å². The lowest BCUT2D eigenvalue weighted by Crippen LogP contribution is -2.30. The monoisotopic (exact) mass is 339 g/mol. The third kappa shape index (κ3) is 4.22. The maximum absolute atomic E-state index is 12.2. The van der Waals surface area contributed by atoms with E-state index in [2.05, 4.69) is 10.0 Å². The maximum Gasteiger partial charge on any atom is 0.325 e. The van der Waals surface area contributed by atoms with Gasteiger partial charge in [0.15, 0.2) is 0 Å².